The second-order valence-corrected chi connectivity index (χ2v) is 6.44. The Morgan fingerprint density at radius 2 is 2.17 bits per heavy atom. The van der Waals surface area contributed by atoms with Crippen LogP contribution < -0.4 is 15.4 Å². The third kappa shape index (κ3) is 3.52. The number of benzene rings is 1. The van der Waals surface area contributed by atoms with E-state index in [0.29, 0.717) is 6.54 Å². The van der Waals surface area contributed by atoms with Gasteiger partial charge in [-0.05, 0) is 38.7 Å². The van der Waals surface area contributed by atoms with Crippen molar-refractivity contribution < 1.29 is 4.74 Å². The van der Waals surface area contributed by atoms with Crippen molar-refractivity contribution in [1.82, 2.24) is 10.6 Å². The summed E-state index contributed by atoms with van der Waals surface area (Å²) in [4.78, 5) is 4.55. The summed E-state index contributed by atoms with van der Waals surface area (Å²) in [7, 11) is 0. The van der Waals surface area contributed by atoms with Crippen LogP contribution in [0, 0.1) is 0 Å². The third-order valence-electron chi connectivity index (χ3n) is 4.75. The molecule has 1 unspecified atom stereocenters. The van der Waals surface area contributed by atoms with Crippen LogP contribution in [0.25, 0.3) is 0 Å². The highest BCUT2D eigenvalue weighted by Gasteiger charge is 2.43. The molecule has 1 spiro atoms. The van der Waals surface area contributed by atoms with E-state index >= 15 is 0 Å². The van der Waals surface area contributed by atoms with Crippen LogP contribution in [-0.4, -0.2) is 24.7 Å². The average molecular weight is 313 g/mol. The van der Waals surface area contributed by atoms with Gasteiger partial charge in [0, 0.05) is 18.5 Å². The standard InChI is InChI=1S/C19H27N3O/c1-3-13-21-18(20-4-2)22-16-14-19(11-7-8-12-19)23-17-10-6-5-9-15(16)17/h3,5-6,9-10,16H,1,4,7-8,11-14H2,2H3,(H2,20,21,22). The Morgan fingerprint density at radius 1 is 1.39 bits per heavy atom. The zero-order chi connectivity index (χ0) is 16.1. The molecule has 1 atom stereocenters. The van der Waals surface area contributed by atoms with Crippen molar-refractivity contribution >= 4 is 5.96 Å². The first kappa shape index (κ1) is 15.9. The zero-order valence-corrected chi connectivity index (χ0v) is 14.0. The van der Waals surface area contributed by atoms with Crippen LogP contribution in [0.2, 0.25) is 0 Å². The number of rotatable bonds is 4. The number of hydrogen-bond acceptors (Lipinski definition) is 2. The van der Waals surface area contributed by atoms with Crippen LogP contribution in [0.5, 0.6) is 5.75 Å². The number of aliphatic imine (C=N–C) groups is 1. The van der Waals surface area contributed by atoms with Crippen LogP contribution in [0.3, 0.4) is 0 Å². The molecule has 1 aliphatic carbocycles. The molecular formula is C19H27N3O. The Morgan fingerprint density at radius 3 is 2.91 bits per heavy atom. The van der Waals surface area contributed by atoms with Crippen molar-refractivity contribution in [2.45, 2.75) is 50.7 Å². The molecule has 2 N–H and O–H groups in total. The lowest BCUT2D eigenvalue weighted by atomic mass is 9.86. The van der Waals surface area contributed by atoms with Gasteiger partial charge in [0.15, 0.2) is 5.96 Å². The summed E-state index contributed by atoms with van der Waals surface area (Å²) in [6.07, 6.45) is 7.65. The van der Waals surface area contributed by atoms with Crippen molar-refractivity contribution in [3.63, 3.8) is 0 Å². The first-order valence-corrected chi connectivity index (χ1v) is 8.70. The highest BCUT2D eigenvalue weighted by Crippen LogP contribution is 2.46. The van der Waals surface area contributed by atoms with E-state index < -0.39 is 0 Å². The van der Waals surface area contributed by atoms with Crippen molar-refractivity contribution in [3.8, 4) is 5.75 Å². The molecule has 0 aromatic heterocycles. The van der Waals surface area contributed by atoms with Crippen LogP contribution in [-0.2, 0) is 0 Å². The van der Waals surface area contributed by atoms with E-state index in [9.17, 15) is 0 Å². The predicted molar refractivity (Wildman–Crippen MR) is 94.9 cm³/mol. The molecule has 23 heavy (non-hydrogen) atoms. The summed E-state index contributed by atoms with van der Waals surface area (Å²) in [6.45, 7) is 7.30. The highest BCUT2D eigenvalue weighted by atomic mass is 16.5. The van der Waals surface area contributed by atoms with Crippen LogP contribution in [0.15, 0.2) is 41.9 Å². The van der Waals surface area contributed by atoms with Crippen molar-refractivity contribution in [2.24, 2.45) is 4.99 Å². The maximum absolute atomic E-state index is 6.42. The van der Waals surface area contributed by atoms with Gasteiger partial charge in [0.1, 0.15) is 11.4 Å². The first-order chi connectivity index (χ1) is 11.3. The van der Waals surface area contributed by atoms with Crippen molar-refractivity contribution in [2.75, 3.05) is 13.1 Å². The van der Waals surface area contributed by atoms with Crippen LogP contribution in [0.4, 0.5) is 0 Å². The predicted octanol–water partition coefficient (Wildman–Crippen LogP) is 3.56. The van der Waals surface area contributed by atoms with Gasteiger partial charge in [-0.1, -0.05) is 24.3 Å². The minimum Gasteiger partial charge on any atom is -0.487 e. The van der Waals surface area contributed by atoms with Crippen LogP contribution in [0.1, 0.15) is 50.6 Å². The monoisotopic (exact) mass is 313 g/mol. The first-order valence-electron chi connectivity index (χ1n) is 8.70. The third-order valence-corrected chi connectivity index (χ3v) is 4.75. The molecule has 1 aromatic rings. The molecule has 4 nitrogen and oxygen atoms in total. The molecule has 0 radical (unpaired) electrons. The molecule has 2 aliphatic rings. The summed E-state index contributed by atoms with van der Waals surface area (Å²) < 4.78 is 6.42. The Balaban J connectivity index is 1.85. The van der Waals surface area contributed by atoms with Crippen molar-refractivity contribution in [1.29, 1.82) is 0 Å². The smallest absolute Gasteiger partial charge is 0.192 e. The minimum absolute atomic E-state index is 0.00177. The molecule has 1 saturated carbocycles. The molecule has 1 fully saturated rings. The van der Waals surface area contributed by atoms with Gasteiger partial charge in [-0.3, -0.25) is 0 Å². The summed E-state index contributed by atoms with van der Waals surface area (Å²) in [5.74, 6) is 1.87. The normalized spacial score (nSPS) is 22.3. The SMILES string of the molecule is C=CCN=C(NCC)NC1CC2(CCCC2)Oc2ccccc21. The fourth-order valence-electron chi connectivity index (χ4n) is 3.71. The quantitative estimate of drug-likeness (QED) is 0.507. The number of nitrogens with one attached hydrogen (secondary N) is 2. The second kappa shape index (κ2) is 7.07. The number of nitrogens with zero attached hydrogens (tertiary/aromatic N) is 1. The summed E-state index contributed by atoms with van der Waals surface area (Å²) >= 11 is 0. The molecule has 1 aliphatic heterocycles. The van der Waals surface area contributed by atoms with E-state index in [1.165, 1.54) is 18.4 Å². The average Bonchev–Trinajstić information content (AvgIpc) is 3.00. The topological polar surface area (TPSA) is 45.7 Å². The molecule has 1 heterocycles. The largest absolute Gasteiger partial charge is 0.487 e. The Hall–Kier alpha value is -1.97. The fourth-order valence-corrected chi connectivity index (χ4v) is 3.71. The van der Waals surface area contributed by atoms with Gasteiger partial charge in [-0.25, -0.2) is 4.99 Å². The van der Waals surface area contributed by atoms with Crippen molar-refractivity contribution in [3.05, 3.63) is 42.5 Å². The highest BCUT2D eigenvalue weighted by molar-refractivity contribution is 5.80. The summed E-state index contributed by atoms with van der Waals surface area (Å²) in [6, 6.07) is 8.63. The van der Waals surface area contributed by atoms with E-state index in [1.54, 1.807) is 0 Å². The Bertz CT molecular complexity index is 576. The number of ether oxygens (including phenoxy) is 1. The lowest BCUT2D eigenvalue weighted by Crippen LogP contribution is -2.46. The minimum atomic E-state index is 0.00177. The zero-order valence-electron chi connectivity index (χ0n) is 14.0. The fraction of sp³-hybridized carbons (Fsp3) is 0.526. The van der Waals surface area contributed by atoms with Gasteiger partial charge < -0.3 is 15.4 Å². The maximum atomic E-state index is 6.42. The molecule has 0 saturated heterocycles. The van der Waals surface area contributed by atoms with E-state index in [1.807, 2.05) is 6.08 Å². The van der Waals surface area contributed by atoms with Gasteiger partial charge in [-0.15, -0.1) is 6.58 Å². The molecule has 0 bridgehead atoms. The number of para-hydroxylation sites is 1. The Kier molecular flexibility index (Phi) is 4.89. The molecular weight excluding hydrogens is 286 g/mol. The number of fused-ring (bicyclic) bond motifs is 1. The summed E-state index contributed by atoms with van der Waals surface area (Å²) in [5.41, 5.74) is 1.23. The van der Waals surface area contributed by atoms with Gasteiger partial charge in [0.25, 0.3) is 0 Å². The molecule has 4 heteroatoms. The molecule has 124 valence electrons. The van der Waals surface area contributed by atoms with Gasteiger partial charge >= 0.3 is 0 Å². The van der Waals surface area contributed by atoms with Crippen LogP contribution >= 0.6 is 0 Å². The maximum Gasteiger partial charge on any atom is 0.192 e. The molecule has 0 amide bonds. The Labute approximate surface area is 139 Å². The second-order valence-electron chi connectivity index (χ2n) is 6.44. The number of guanidine groups is 1. The van der Waals surface area contributed by atoms with E-state index in [-0.39, 0.29) is 11.6 Å². The van der Waals surface area contributed by atoms with Gasteiger partial charge in [-0.2, -0.15) is 0 Å². The van der Waals surface area contributed by atoms with Gasteiger partial charge in [0.2, 0.25) is 0 Å². The molecule has 1 aromatic carbocycles. The van der Waals surface area contributed by atoms with Gasteiger partial charge in [0.05, 0.1) is 12.6 Å². The van der Waals surface area contributed by atoms with E-state index in [0.717, 1.165) is 37.5 Å². The summed E-state index contributed by atoms with van der Waals surface area (Å²) in [5, 5.41) is 6.93. The van der Waals surface area contributed by atoms with E-state index in [2.05, 4.69) is 53.4 Å². The molecule has 3 rings (SSSR count). The number of hydrogen-bond donors (Lipinski definition) is 2. The lowest BCUT2D eigenvalue weighted by molar-refractivity contribution is 0.0396. The van der Waals surface area contributed by atoms with E-state index in [4.69, 9.17) is 4.74 Å². The lowest BCUT2D eigenvalue weighted by Gasteiger charge is -2.40.